The summed E-state index contributed by atoms with van der Waals surface area (Å²) in [5.41, 5.74) is 5.78. The molecule has 0 unspecified atom stereocenters. The van der Waals surface area contributed by atoms with E-state index in [1.54, 1.807) is 11.8 Å². The molecule has 0 bridgehead atoms. The standard InChI is InChI=1S/C16H16N2S/c1-12(13-8-4-2-5-9-13)15-17-18-16(19-15)14-10-6-3-7-11-14/h2-12,15,17H,1H3/t12-,15-/m0/s1. The van der Waals surface area contributed by atoms with Crippen LogP contribution in [-0.4, -0.2) is 10.4 Å². The van der Waals surface area contributed by atoms with Gasteiger partial charge in [0.15, 0.2) is 0 Å². The van der Waals surface area contributed by atoms with E-state index in [-0.39, 0.29) is 0 Å². The third-order valence-electron chi connectivity index (χ3n) is 3.33. The normalized spacial score (nSPS) is 19.6. The monoisotopic (exact) mass is 268 g/mol. The molecule has 0 fully saturated rings. The Kier molecular flexibility index (Phi) is 3.56. The Balaban J connectivity index is 1.72. The molecule has 1 aliphatic rings. The molecule has 3 heteroatoms. The molecule has 0 saturated carbocycles. The average molecular weight is 268 g/mol. The second kappa shape index (κ2) is 5.49. The first kappa shape index (κ1) is 12.3. The molecule has 0 radical (unpaired) electrons. The highest BCUT2D eigenvalue weighted by Gasteiger charge is 2.26. The van der Waals surface area contributed by atoms with Crippen LogP contribution in [0.5, 0.6) is 0 Å². The van der Waals surface area contributed by atoms with Crippen molar-refractivity contribution < 1.29 is 0 Å². The van der Waals surface area contributed by atoms with Crippen LogP contribution in [-0.2, 0) is 0 Å². The van der Waals surface area contributed by atoms with Gasteiger partial charge in [-0.2, -0.15) is 5.10 Å². The fraction of sp³-hybridized carbons (Fsp3) is 0.188. The van der Waals surface area contributed by atoms with Crippen LogP contribution in [0, 0.1) is 0 Å². The number of benzene rings is 2. The highest BCUT2D eigenvalue weighted by molar-refractivity contribution is 8.15. The van der Waals surface area contributed by atoms with E-state index in [2.05, 4.69) is 59.9 Å². The molecule has 0 saturated heterocycles. The van der Waals surface area contributed by atoms with Gasteiger partial charge in [-0.15, -0.1) is 0 Å². The van der Waals surface area contributed by atoms with Crippen molar-refractivity contribution >= 4 is 16.8 Å². The molecule has 96 valence electrons. The Labute approximate surface area is 117 Å². The summed E-state index contributed by atoms with van der Waals surface area (Å²) in [6, 6.07) is 20.9. The topological polar surface area (TPSA) is 24.4 Å². The predicted molar refractivity (Wildman–Crippen MR) is 82.4 cm³/mol. The summed E-state index contributed by atoms with van der Waals surface area (Å²) >= 11 is 1.81. The quantitative estimate of drug-likeness (QED) is 0.915. The number of nitrogens with one attached hydrogen (secondary N) is 1. The number of hydrogen-bond donors (Lipinski definition) is 1. The summed E-state index contributed by atoms with van der Waals surface area (Å²) in [5, 5.41) is 5.84. The molecule has 0 aliphatic carbocycles. The van der Waals surface area contributed by atoms with E-state index in [4.69, 9.17) is 0 Å². The van der Waals surface area contributed by atoms with Crippen molar-refractivity contribution in [3.63, 3.8) is 0 Å². The molecular weight excluding hydrogens is 252 g/mol. The molecular formula is C16H16N2S. The van der Waals surface area contributed by atoms with Crippen LogP contribution in [0.3, 0.4) is 0 Å². The van der Waals surface area contributed by atoms with Crippen LogP contribution in [0.2, 0.25) is 0 Å². The molecule has 1 N–H and O–H groups in total. The smallest absolute Gasteiger partial charge is 0.125 e. The molecule has 2 aromatic carbocycles. The van der Waals surface area contributed by atoms with Gasteiger partial charge in [-0.25, -0.2) is 0 Å². The van der Waals surface area contributed by atoms with Crippen LogP contribution in [0.15, 0.2) is 65.8 Å². The summed E-state index contributed by atoms with van der Waals surface area (Å²) in [7, 11) is 0. The van der Waals surface area contributed by atoms with Gasteiger partial charge in [0.05, 0.1) is 0 Å². The molecule has 2 nitrogen and oxygen atoms in total. The van der Waals surface area contributed by atoms with Crippen LogP contribution in [0.1, 0.15) is 24.0 Å². The third kappa shape index (κ3) is 2.66. The lowest BCUT2D eigenvalue weighted by molar-refractivity contribution is 0.609. The van der Waals surface area contributed by atoms with E-state index in [9.17, 15) is 0 Å². The first-order chi connectivity index (χ1) is 9.34. The Hall–Kier alpha value is -1.74. The zero-order chi connectivity index (χ0) is 13.1. The molecule has 1 aliphatic heterocycles. The molecule has 0 spiro atoms. The summed E-state index contributed by atoms with van der Waals surface area (Å²) in [6.07, 6.45) is 0. The second-order valence-electron chi connectivity index (χ2n) is 4.65. The lowest BCUT2D eigenvalue weighted by Crippen LogP contribution is -2.22. The van der Waals surface area contributed by atoms with Crippen molar-refractivity contribution in [2.75, 3.05) is 0 Å². The van der Waals surface area contributed by atoms with Crippen LogP contribution >= 0.6 is 11.8 Å². The van der Waals surface area contributed by atoms with Gasteiger partial charge in [0, 0.05) is 11.5 Å². The highest BCUT2D eigenvalue weighted by Crippen LogP contribution is 2.32. The number of hydrogen-bond acceptors (Lipinski definition) is 3. The van der Waals surface area contributed by atoms with Crippen molar-refractivity contribution in [3.05, 3.63) is 71.8 Å². The largest absolute Gasteiger partial charge is 0.295 e. The Morgan fingerprint density at radius 2 is 1.63 bits per heavy atom. The SMILES string of the molecule is C[C@@H](c1ccccc1)[C@H]1NN=C(c2ccccc2)S1. The minimum Gasteiger partial charge on any atom is -0.295 e. The van der Waals surface area contributed by atoms with Crippen molar-refractivity contribution in [3.8, 4) is 0 Å². The highest BCUT2D eigenvalue weighted by atomic mass is 32.2. The van der Waals surface area contributed by atoms with E-state index in [1.807, 2.05) is 18.2 Å². The maximum absolute atomic E-state index is 4.46. The lowest BCUT2D eigenvalue weighted by atomic mass is 10.0. The van der Waals surface area contributed by atoms with Crippen molar-refractivity contribution in [1.82, 2.24) is 5.43 Å². The summed E-state index contributed by atoms with van der Waals surface area (Å²) in [6.45, 7) is 2.24. The van der Waals surface area contributed by atoms with Crippen LogP contribution < -0.4 is 5.43 Å². The fourth-order valence-corrected chi connectivity index (χ4v) is 3.24. The lowest BCUT2D eigenvalue weighted by Gasteiger charge is -2.18. The van der Waals surface area contributed by atoms with Gasteiger partial charge in [-0.1, -0.05) is 79.3 Å². The van der Waals surface area contributed by atoms with E-state index in [1.165, 1.54) is 11.1 Å². The zero-order valence-electron chi connectivity index (χ0n) is 10.8. The van der Waals surface area contributed by atoms with Gasteiger partial charge in [0.1, 0.15) is 10.4 Å². The number of nitrogens with zero attached hydrogens (tertiary/aromatic N) is 1. The molecule has 0 amide bonds. The van der Waals surface area contributed by atoms with Crippen molar-refractivity contribution in [2.24, 2.45) is 5.10 Å². The average Bonchev–Trinajstić information content (AvgIpc) is 2.98. The Bertz CT molecular complexity index is 566. The number of thioether (sulfide) groups is 1. The Morgan fingerprint density at radius 3 is 2.32 bits per heavy atom. The van der Waals surface area contributed by atoms with Crippen molar-refractivity contribution in [1.29, 1.82) is 0 Å². The first-order valence-corrected chi connectivity index (χ1v) is 7.33. The van der Waals surface area contributed by atoms with Crippen LogP contribution in [0.4, 0.5) is 0 Å². The summed E-state index contributed by atoms with van der Waals surface area (Å²) in [5.74, 6) is 0.427. The fourth-order valence-electron chi connectivity index (χ4n) is 2.15. The van der Waals surface area contributed by atoms with Gasteiger partial charge in [-0.05, 0) is 5.56 Å². The second-order valence-corrected chi connectivity index (χ2v) is 5.78. The zero-order valence-corrected chi connectivity index (χ0v) is 11.6. The molecule has 1 heterocycles. The molecule has 2 atom stereocenters. The summed E-state index contributed by atoms with van der Waals surface area (Å²) in [4.78, 5) is 0. The number of hydrazone groups is 1. The van der Waals surface area contributed by atoms with E-state index < -0.39 is 0 Å². The molecule has 2 aromatic rings. The predicted octanol–water partition coefficient (Wildman–Crippen LogP) is 3.81. The van der Waals surface area contributed by atoms with Gasteiger partial charge in [0.2, 0.25) is 0 Å². The van der Waals surface area contributed by atoms with Gasteiger partial charge in [0.25, 0.3) is 0 Å². The van der Waals surface area contributed by atoms with Gasteiger partial charge < -0.3 is 0 Å². The maximum Gasteiger partial charge on any atom is 0.125 e. The first-order valence-electron chi connectivity index (χ1n) is 6.45. The molecule has 3 rings (SSSR count). The minimum atomic E-state index is 0.303. The number of rotatable bonds is 3. The summed E-state index contributed by atoms with van der Waals surface area (Å²) < 4.78 is 0. The van der Waals surface area contributed by atoms with E-state index in [0.717, 1.165) is 5.04 Å². The van der Waals surface area contributed by atoms with E-state index >= 15 is 0 Å². The minimum absolute atomic E-state index is 0.303. The molecule has 0 aromatic heterocycles. The Morgan fingerprint density at radius 1 is 1.00 bits per heavy atom. The third-order valence-corrected chi connectivity index (χ3v) is 4.65. The van der Waals surface area contributed by atoms with Crippen LogP contribution in [0.25, 0.3) is 0 Å². The van der Waals surface area contributed by atoms with Gasteiger partial charge >= 0.3 is 0 Å². The van der Waals surface area contributed by atoms with Crippen molar-refractivity contribution in [2.45, 2.75) is 18.2 Å². The molecule has 19 heavy (non-hydrogen) atoms. The van der Waals surface area contributed by atoms with E-state index in [0.29, 0.717) is 11.3 Å². The maximum atomic E-state index is 4.46. The van der Waals surface area contributed by atoms with Gasteiger partial charge in [-0.3, -0.25) is 5.43 Å².